The monoisotopic (exact) mass is 272 g/mol. The van der Waals surface area contributed by atoms with Crippen LogP contribution in [0.1, 0.15) is 25.3 Å². The Morgan fingerprint density at radius 1 is 1.20 bits per heavy atom. The van der Waals surface area contributed by atoms with Crippen molar-refractivity contribution in [2.24, 2.45) is 11.8 Å². The number of carbonyl (C=O) groups excluding carboxylic acids is 1. The minimum absolute atomic E-state index is 0.237. The second-order valence-corrected chi connectivity index (χ2v) is 6.28. The lowest BCUT2D eigenvalue weighted by atomic mass is 10.0. The Bertz CT molecular complexity index is 488. The molecule has 0 aromatic heterocycles. The van der Waals surface area contributed by atoms with E-state index in [4.69, 9.17) is 0 Å². The maximum Gasteiger partial charge on any atom is 0.225 e. The molecule has 1 atom stereocenters. The Labute approximate surface area is 121 Å². The fourth-order valence-electron chi connectivity index (χ4n) is 3.10. The second-order valence-electron chi connectivity index (χ2n) is 6.28. The zero-order chi connectivity index (χ0) is 14.1. The van der Waals surface area contributed by atoms with Crippen molar-refractivity contribution in [3.63, 3.8) is 0 Å². The van der Waals surface area contributed by atoms with Crippen LogP contribution in [0.25, 0.3) is 0 Å². The SMILES string of the molecule is Cc1cccc(N2CCN(C(=O)C(C)C3CC3)CC2)c1. The van der Waals surface area contributed by atoms with E-state index in [9.17, 15) is 4.79 Å². The van der Waals surface area contributed by atoms with E-state index in [0.717, 1.165) is 26.2 Å². The summed E-state index contributed by atoms with van der Waals surface area (Å²) in [4.78, 5) is 16.8. The first-order valence-corrected chi connectivity index (χ1v) is 7.75. The third kappa shape index (κ3) is 2.82. The number of rotatable bonds is 3. The molecule has 1 aromatic rings. The van der Waals surface area contributed by atoms with E-state index >= 15 is 0 Å². The fraction of sp³-hybridized carbons (Fsp3) is 0.588. The van der Waals surface area contributed by atoms with Gasteiger partial charge in [-0.2, -0.15) is 0 Å². The van der Waals surface area contributed by atoms with Gasteiger partial charge in [0, 0.05) is 37.8 Å². The van der Waals surface area contributed by atoms with Crippen LogP contribution in [0.4, 0.5) is 5.69 Å². The molecular weight excluding hydrogens is 248 g/mol. The molecule has 0 radical (unpaired) electrons. The highest BCUT2D eigenvalue weighted by atomic mass is 16.2. The van der Waals surface area contributed by atoms with Crippen molar-refractivity contribution in [1.29, 1.82) is 0 Å². The van der Waals surface area contributed by atoms with Gasteiger partial charge in [-0.3, -0.25) is 4.79 Å². The summed E-state index contributed by atoms with van der Waals surface area (Å²) >= 11 is 0. The molecule has 0 bridgehead atoms. The number of benzene rings is 1. The zero-order valence-corrected chi connectivity index (χ0v) is 12.5. The molecule has 1 unspecified atom stereocenters. The lowest BCUT2D eigenvalue weighted by Crippen LogP contribution is -2.50. The lowest BCUT2D eigenvalue weighted by Gasteiger charge is -2.37. The van der Waals surface area contributed by atoms with Crippen molar-refractivity contribution < 1.29 is 4.79 Å². The van der Waals surface area contributed by atoms with Crippen LogP contribution < -0.4 is 4.90 Å². The molecule has 1 amide bonds. The van der Waals surface area contributed by atoms with E-state index in [1.165, 1.54) is 24.1 Å². The topological polar surface area (TPSA) is 23.6 Å². The highest BCUT2D eigenvalue weighted by Crippen LogP contribution is 2.37. The van der Waals surface area contributed by atoms with Crippen LogP contribution in [-0.2, 0) is 4.79 Å². The highest BCUT2D eigenvalue weighted by molar-refractivity contribution is 5.79. The summed E-state index contributed by atoms with van der Waals surface area (Å²) in [7, 11) is 0. The standard InChI is InChI=1S/C17H24N2O/c1-13-4-3-5-16(12-13)18-8-10-19(11-9-18)17(20)14(2)15-6-7-15/h3-5,12,14-15H,6-11H2,1-2H3. The summed E-state index contributed by atoms with van der Waals surface area (Å²) in [5, 5.41) is 0. The third-order valence-corrected chi connectivity index (χ3v) is 4.68. The number of carbonyl (C=O) groups is 1. The minimum Gasteiger partial charge on any atom is -0.368 e. The summed E-state index contributed by atoms with van der Waals surface area (Å²) in [5.41, 5.74) is 2.58. The quantitative estimate of drug-likeness (QED) is 0.844. The molecule has 1 aromatic carbocycles. The number of amides is 1. The van der Waals surface area contributed by atoms with Crippen LogP contribution in [0.15, 0.2) is 24.3 Å². The first kappa shape index (κ1) is 13.5. The minimum atomic E-state index is 0.237. The number of piperazine rings is 1. The predicted octanol–water partition coefficient (Wildman–Crippen LogP) is 2.69. The molecule has 1 heterocycles. The Hall–Kier alpha value is -1.51. The lowest BCUT2D eigenvalue weighted by molar-refractivity contribution is -0.135. The number of nitrogens with zero attached hydrogens (tertiary/aromatic N) is 2. The maximum atomic E-state index is 12.4. The molecule has 3 nitrogen and oxygen atoms in total. The van der Waals surface area contributed by atoms with Gasteiger partial charge in [0.2, 0.25) is 5.91 Å². The molecule has 1 aliphatic heterocycles. The summed E-state index contributed by atoms with van der Waals surface area (Å²) in [6.07, 6.45) is 2.49. The van der Waals surface area contributed by atoms with Gasteiger partial charge in [-0.1, -0.05) is 19.1 Å². The van der Waals surface area contributed by atoms with Crippen LogP contribution in [0, 0.1) is 18.8 Å². The van der Waals surface area contributed by atoms with Gasteiger partial charge in [0.1, 0.15) is 0 Å². The maximum absolute atomic E-state index is 12.4. The molecule has 108 valence electrons. The fourth-order valence-corrected chi connectivity index (χ4v) is 3.10. The van der Waals surface area contributed by atoms with Crippen LogP contribution in [0.3, 0.4) is 0 Å². The van der Waals surface area contributed by atoms with Crippen molar-refractivity contribution >= 4 is 11.6 Å². The van der Waals surface area contributed by atoms with Gasteiger partial charge >= 0.3 is 0 Å². The Kier molecular flexibility index (Phi) is 3.68. The first-order valence-electron chi connectivity index (χ1n) is 7.75. The molecule has 0 N–H and O–H groups in total. The van der Waals surface area contributed by atoms with Gasteiger partial charge < -0.3 is 9.80 Å². The number of anilines is 1. The Balaban J connectivity index is 1.57. The van der Waals surface area contributed by atoms with Gasteiger partial charge in [0.15, 0.2) is 0 Å². The molecule has 2 fully saturated rings. The number of aryl methyl sites for hydroxylation is 1. The van der Waals surface area contributed by atoms with E-state index in [2.05, 4.69) is 47.9 Å². The van der Waals surface area contributed by atoms with Gasteiger partial charge in [-0.15, -0.1) is 0 Å². The van der Waals surface area contributed by atoms with Crippen molar-refractivity contribution in [3.8, 4) is 0 Å². The average molecular weight is 272 g/mol. The van der Waals surface area contributed by atoms with E-state index in [1.807, 2.05) is 0 Å². The third-order valence-electron chi connectivity index (χ3n) is 4.68. The summed E-state index contributed by atoms with van der Waals surface area (Å²) in [5.74, 6) is 1.27. The molecule has 1 aliphatic carbocycles. The average Bonchev–Trinajstić information content (AvgIpc) is 3.30. The van der Waals surface area contributed by atoms with Crippen molar-refractivity contribution in [3.05, 3.63) is 29.8 Å². The molecule has 0 spiro atoms. The summed E-state index contributed by atoms with van der Waals surface area (Å²) < 4.78 is 0. The molecule has 1 saturated carbocycles. The normalized spacial score (nSPS) is 20.9. The van der Waals surface area contributed by atoms with Crippen molar-refractivity contribution in [2.75, 3.05) is 31.1 Å². The summed E-state index contributed by atoms with van der Waals surface area (Å²) in [6, 6.07) is 8.62. The highest BCUT2D eigenvalue weighted by Gasteiger charge is 2.35. The molecule has 2 aliphatic rings. The smallest absolute Gasteiger partial charge is 0.225 e. The second kappa shape index (κ2) is 5.47. The van der Waals surface area contributed by atoms with Crippen LogP contribution in [-0.4, -0.2) is 37.0 Å². The molecule has 20 heavy (non-hydrogen) atoms. The van der Waals surface area contributed by atoms with Gasteiger partial charge in [-0.05, 0) is 43.4 Å². The largest absolute Gasteiger partial charge is 0.368 e. The molecular formula is C17H24N2O. The van der Waals surface area contributed by atoms with E-state index in [0.29, 0.717) is 11.8 Å². The first-order chi connectivity index (χ1) is 9.65. The van der Waals surface area contributed by atoms with Crippen molar-refractivity contribution in [2.45, 2.75) is 26.7 Å². The van der Waals surface area contributed by atoms with E-state index < -0.39 is 0 Å². The number of hydrogen-bond acceptors (Lipinski definition) is 2. The zero-order valence-electron chi connectivity index (χ0n) is 12.5. The van der Waals surface area contributed by atoms with E-state index in [-0.39, 0.29) is 5.92 Å². The predicted molar refractivity (Wildman–Crippen MR) is 81.9 cm³/mol. The van der Waals surface area contributed by atoms with E-state index in [1.54, 1.807) is 0 Å². The molecule has 1 saturated heterocycles. The number of hydrogen-bond donors (Lipinski definition) is 0. The summed E-state index contributed by atoms with van der Waals surface area (Å²) in [6.45, 7) is 7.86. The Morgan fingerprint density at radius 3 is 2.50 bits per heavy atom. The van der Waals surface area contributed by atoms with Crippen LogP contribution >= 0.6 is 0 Å². The molecule has 3 rings (SSSR count). The van der Waals surface area contributed by atoms with Gasteiger partial charge in [-0.25, -0.2) is 0 Å². The molecule has 3 heteroatoms. The van der Waals surface area contributed by atoms with Gasteiger partial charge in [0.05, 0.1) is 0 Å². The van der Waals surface area contributed by atoms with Gasteiger partial charge in [0.25, 0.3) is 0 Å². The van der Waals surface area contributed by atoms with Crippen LogP contribution in [0.5, 0.6) is 0 Å². The Morgan fingerprint density at radius 2 is 1.90 bits per heavy atom. The van der Waals surface area contributed by atoms with Crippen molar-refractivity contribution in [1.82, 2.24) is 4.90 Å². The van der Waals surface area contributed by atoms with Crippen LogP contribution in [0.2, 0.25) is 0 Å².